The molecule has 3 aromatic heterocycles. The van der Waals surface area contributed by atoms with Gasteiger partial charge in [0, 0.05) is 6.20 Å². The molecule has 0 fully saturated rings. The van der Waals surface area contributed by atoms with Crippen molar-refractivity contribution in [2.45, 2.75) is 11.5 Å². The third-order valence-corrected chi connectivity index (χ3v) is 6.19. The minimum absolute atomic E-state index is 0.00587. The van der Waals surface area contributed by atoms with Gasteiger partial charge in [0.05, 0.1) is 41.2 Å². The fourth-order valence-corrected chi connectivity index (χ4v) is 4.45. The SMILES string of the molecule is COc1ncc(Cl)cc1S(=O)(=O)Nc1ccc(F)c(COc2cnc3[nH]ncc3c2C#N)c1F. The zero-order valence-electron chi connectivity index (χ0n) is 17.1. The monoisotopic (exact) mass is 506 g/mol. The summed E-state index contributed by atoms with van der Waals surface area (Å²) in [6, 6.07) is 4.79. The van der Waals surface area contributed by atoms with Gasteiger partial charge in [-0.05, 0) is 18.2 Å². The summed E-state index contributed by atoms with van der Waals surface area (Å²) in [5, 5.41) is 16.2. The van der Waals surface area contributed by atoms with Crippen molar-refractivity contribution in [1.29, 1.82) is 5.26 Å². The molecule has 174 valence electrons. The molecule has 0 atom stereocenters. The Balaban J connectivity index is 1.65. The maximum atomic E-state index is 15.1. The number of methoxy groups -OCH3 is 1. The first-order valence-electron chi connectivity index (χ1n) is 9.29. The van der Waals surface area contributed by atoms with Gasteiger partial charge in [0.25, 0.3) is 10.0 Å². The maximum Gasteiger partial charge on any atom is 0.267 e. The van der Waals surface area contributed by atoms with E-state index in [9.17, 15) is 18.1 Å². The smallest absolute Gasteiger partial charge is 0.267 e. The van der Waals surface area contributed by atoms with Crippen molar-refractivity contribution in [3.05, 3.63) is 64.6 Å². The Morgan fingerprint density at radius 2 is 2.03 bits per heavy atom. The summed E-state index contributed by atoms with van der Waals surface area (Å²) in [7, 11) is -3.21. The van der Waals surface area contributed by atoms with Crippen molar-refractivity contribution >= 4 is 38.3 Å². The summed E-state index contributed by atoms with van der Waals surface area (Å²) in [6.45, 7) is -0.658. The second-order valence-corrected chi connectivity index (χ2v) is 8.77. The van der Waals surface area contributed by atoms with Gasteiger partial charge in [-0.15, -0.1) is 0 Å². The van der Waals surface area contributed by atoms with Crippen LogP contribution in [0.15, 0.2) is 41.7 Å². The van der Waals surface area contributed by atoms with Gasteiger partial charge in [0.2, 0.25) is 5.88 Å². The quantitative estimate of drug-likeness (QED) is 0.387. The number of sulfonamides is 1. The van der Waals surface area contributed by atoms with Crippen LogP contribution in [0.1, 0.15) is 11.1 Å². The minimum atomic E-state index is -4.42. The van der Waals surface area contributed by atoms with Crippen LogP contribution in [0.4, 0.5) is 14.5 Å². The molecule has 14 heteroatoms. The summed E-state index contributed by atoms with van der Waals surface area (Å²) in [4.78, 5) is 7.36. The maximum absolute atomic E-state index is 15.1. The second kappa shape index (κ2) is 9.08. The molecule has 3 heterocycles. The molecule has 34 heavy (non-hydrogen) atoms. The number of nitrogens with one attached hydrogen (secondary N) is 2. The normalized spacial score (nSPS) is 11.3. The number of nitrogens with zero attached hydrogens (tertiary/aromatic N) is 4. The van der Waals surface area contributed by atoms with Crippen LogP contribution in [0.3, 0.4) is 0 Å². The van der Waals surface area contributed by atoms with Crippen LogP contribution in [-0.2, 0) is 16.6 Å². The molecule has 0 unspecified atom stereocenters. The number of halogens is 3. The lowest BCUT2D eigenvalue weighted by Gasteiger charge is -2.14. The molecule has 1 aromatic carbocycles. The molecular weight excluding hydrogens is 494 g/mol. The third kappa shape index (κ3) is 4.28. The molecule has 0 bridgehead atoms. The molecule has 2 N–H and O–H groups in total. The van der Waals surface area contributed by atoms with Gasteiger partial charge in [0.1, 0.15) is 24.1 Å². The van der Waals surface area contributed by atoms with Crippen molar-refractivity contribution < 1.29 is 26.7 Å². The van der Waals surface area contributed by atoms with E-state index in [4.69, 9.17) is 21.1 Å². The van der Waals surface area contributed by atoms with E-state index in [1.807, 2.05) is 10.8 Å². The molecule has 4 rings (SSSR count). The number of aromatic amines is 1. The van der Waals surface area contributed by atoms with Gasteiger partial charge in [-0.1, -0.05) is 11.6 Å². The van der Waals surface area contributed by atoms with Crippen LogP contribution in [0.2, 0.25) is 5.02 Å². The number of rotatable bonds is 7. The number of H-pyrrole nitrogens is 1. The number of hydrogen-bond acceptors (Lipinski definition) is 8. The van der Waals surface area contributed by atoms with E-state index in [1.165, 1.54) is 25.7 Å². The van der Waals surface area contributed by atoms with E-state index < -0.39 is 44.4 Å². The molecular formula is C20H13ClF2N6O4S. The highest BCUT2D eigenvalue weighted by atomic mass is 35.5. The van der Waals surface area contributed by atoms with Crippen molar-refractivity contribution in [2.24, 2.45) is 0 Å². The Morgan fingerprint density at radius 3 is 2.76 bits per heavy atom. The lowest BCUT2D eigenvalue weighted by atomic mass is 10.1. The highest BCUT2D eigenvalue weighted by molar-refractivity contribution is 7.92. The van der Waals surface area contributed by atoms with E-state index in [-0.39, 0.29) is 22.2 Å². The number of aromatic nitrogens is 4. The van der Waals surface area contributed by atoms with Crippen molar-refractivity contribution in [1.82, 2.24) is 20.2 Å². The molecule has 0 aliphatic carbocycles. The Morgan fingerprint density at radius 1 is 1.24 bits per heavy atom. The van der Waals surface area contributed by atoms with Crippen LogP contribution < -0.4 is 14.2 Å². The number of hydrogen-bond donors (Lipinski definition) is 2. The van der Waals surface area contributed by atoms with E-state index in [2.05, 4.69) is 20.2 Å². The van der Waals surface area contributed by atoms with Crippen LogP contribution in [0.25, 0.3) is 11.0 Å². The molecule has 0 aliphatic heterocycles. The van der Waals surface area contributed by atoms with Crippen LogP contribution in [0, 0.1) is 23.0 Å². The highest BCUT2D eigenvalue weighted by Crippen LogP contribution is 2.30. The summed E-state index contributed by atoms with van der Waals surface area (Å²) in [5.41, 5.74) is -0.723. The van der Waals surface area contributed by atoms with E-state index >= 15 is 4.39 Å². The number of pyridine rings is 2. The summed E-state index contributed by atoms with van der Waals surface area (Å²) >= 11 is 5.83. The number of benzene rings is 1. The molecule has 0 saturated heterocycles. The number of nitriles is 1. The Labute approximate surface area is 196 Å². The van der Waals surface area contributed by atoms with Crippen molar-refractivity contribution in [2.75, 3.05) is 11.8 Å². The molecule has 0 aliphatic rings. The van der Waals surface area contributed by atoms with Crippen molar-refractivity contribution in [3.8, 4) is 17.7 Å². The van der Waals surface area contributed by atoms with Gasteiger partial charge < -0.3 is 9.47 Å². The highest BCUT2D eigenvalue weighted by Gasteiger charge is 2.25. The summed E-state index contributed by atoms with van der Waals surface area (Å²) in [6.07, 6.45) is 3.75. The fourth-order valence-electron chi connectivity index (χ4n) is 3.02. The average Bonchev–Trinajstić information content (AvgIpc) is 3.29. The van der Waals surface area contributed by atoms with Gasteiger partial charge in [0.15, 0.2) is 22.1 Å². The number of fused-ring (bicyclic) bond motifs is 1. The van der Waals surface area contributed by atoms with Crippen LogP contribution in [0.5, 0.6) is 11.6 Å². The first kappa shape index (κ1) is 23.1. The van der Waals surface area contributed by atoms with Crippen LogP contribution >= 0.6 is 11.6 Å². The van der Waals surface area contributed by atoms with Gasteiger partial charge in [-0.2, -0.15) is 10.4 Å². The Kier molecular flexibility index (Phi) is 6.18. The molecule has 0 amide bonds. The first-order valence-corrected chi connectivity index (χ1v) is 11.2. The number of ether oxygens (including phenoxy) is 2. The Bertz CT molecular complexity index is 1550. The summed E-state index contributed by atoms with van der Waals surface area (Å²) < 4.78 is 67.5. The second-order valence-electron chi connectivity index (χ2n) is 6.68. The van der Waals surface area contributed by atoms with Gasteiger partial charge in [-0.25, -0.2) is 27.2 Å². The van der Waals surface area contributed by atoms with Crippen LogP contribution in [-0.4, -0.2) is 35.7 Å². The fraction of sp³-hybridized carbons (Fsp3) is 0.100. The zero-order chi connectivity index (χ0) is 24.5. The largest absolute Gasteiger partial charge is 0.486 e. The average molecular weight is 507 g/mol. The topological polar surface area (TPSA) is 143 Å². The minimum Gasteiger partial charge on any atom is -0.486 e. The van der Waals surface area contributed by atoms with E-state index in [1.54, 1.807) is 0 Å². The molecule has 0 spiro atoms. The Hall–Kier alpha value is -4.02. The first-order chi connectivity index (χ1) is 16.2. The molecule has 4 aromatic rings. The molecule has 0 saturated carbocycles. The number of anilines is 1. The predicted octanol–water partition coefficient (Wildman–Crippen LogP) is 3.54. The van der Waals surface area contributed by atoms with Gasteiger partial charge >= 0.3 is 0 Å². The van der Waals surface area contributed by atoms with E-state index in [0.29, 0.717) is 11.0 Å². The summed E-state index contributed by atoms with van der Waals surface area (Å²) in [5.74, 6) is -2.50. The van der Waals surface area contributed by atoms with Gasteiger partial charge in [-0.3, -0.25) is 9.82 Å². The lowest BCUT2D eigenvalue weighted by Crippen LogP contribution is -2.17. The standard InChI is InChI=1S/C20H13ClF2N6O4S/c1-32-20-17(4-10(21)6-26-20)34(30,31)29-15-3-2-14(22)13(18(15)23)9-33-16-8-25-19-12(7-27-28-19)11(16)5-24/h2-4,6-8,29H,9H2,1H3,(H,25,27,28). The zero-order valence-corrected chi connectivity index (χ0v) is 18.7. The van der Waals surface area contributed by atoms with Crippen molar-refractivity contribution in [3.63, 3.8) is 0 Å². The lowest BCUT2D eigenvalue weighted by molar-refractivity contribution is 0.291. The molecule has 0 radical (unpaired) electrons. The predicted molar refractivity (Wildman–Crippen MR) is 116 cm³/mol. The van der Waals surface area contributed by atoms with E-state index in [0.717, 1.165) is 18.2 Å². The molecule has 10 nitrogen and oxygen atoms in total. The third-order valence-electron chi connectivity index (χ3n) is 4.63.